The normalized spacial score (nSPS) is 16.7. The molecule has 1 saturated heterocycles. The van der Waals surface area contributed by atoms with Crippen LogP contribution in [0.15, 0.2) is 34.9 Å². The van der Waals surface area contributed by atoms with Crippen LogP contribution in [0.4, 0.5) is 4.79 Å². The summed E-state index contributed by atoms with van der Waals surface area (Å²) in [6.45, 7) is 8.45. The highest BCUT2D eigenvalue weighted by Gasteiger charge is 2.25. The standard InChI is InChI=1S/C22H29ClN2O4/c1-16-8-5-6-10-18(16)20(27)25(15-26)14-19(23)17-9-7-12-24(13-11-17)21(28)29-22(2,3)4/h5-6,8,10,15H,7,9,11-14H2,1-4H3/b19-17+. The highest BCUT2D eigenvalue weighted by molar-refractivity contribution is 6.30. The van der Waals surface area contributed by atoms with E-state index in [4.69, 9.17) is 16.3 Å². The van der Waals surface area contributed by atoms with Crippen LogP contribution < -0.4 is 0 Å². The second-order valence-electron chi connectivity index (χ2n) is 8.18. The second kappa shape index (κ2) is 9.92. The van der Waals surface area contributed by atoms with Gasteiger partial charge in [0, 0.05) is 23.7 Å². The predicted octanol–water partition coefficient (Wildman–Crippen LogP) is 4.51. The molecule has 3 amide bonds. The Morgan fingerprint density at radius 1 is 1.21 bits per heavy atom. The molecular formula is C22H29ClN2O4. The summed E-state index contributed by atoms with van der Waals surface area (Å²) >= 11 is 6.50. The van der Waals surface area contributed by atoms with Gasteiger partial charge < -0.3 is 9.64 Å². The van der Waals surface area contributed by atoms with Crippen LogP contribution in [-0.4, -0.2) is 53.4 Å². The first kappa shape index (κ1) is 22.9. The molecule has 0 bridgehead atoms. The summed E-state index contributed by atoms with van der Waals surface area (Å²) in [5, 5.41) is 0.477. The first-order valence-electron chi connectivity index (χ1n) is 9.78. The van der Waals surface area contributed by atoms with Crippen molar-refractivity contribution in [3.05, 3.63) is 46.0 Å². The van der Waals surface area contributed by atoms with Gasteiger partial charge in [0.05, 0.1) is 6.54 Å². The zero-order valence-corrected chi connectivity index (χ0v) is 18.3. The van der Waals surface area contributed by atoms with Crippen molar-refractivity contribution in [2.75, 3.05) is 19.6 Å². The third kappa shape index (κ3) is 6.60. The smallest absolute Gasteiger partial charge is 0.410 e. The molecule has 1 heterocycles. The molecule has 0 N–H and O–H groups in total. The number of carbonyl (C=O) groups is 3. The molecule has 1 aromatic rings. The van der Waals surface area contributed by atoms with E-state index in [0.29, 0.717) is 42.9 Å². The molecule has 0 spiro atoms. The summed E-state index contributed by atoms with van der Waals surface area (Å²) in [5.41, 5.74) is 1.70. The van der Waals surface area contributed by atoms with Gasteiger partial charge in [0.25, 0.3) is 5.91 Å². The van der Waals surface area contributed by atoms with Crippen LogP contribution >= 0.6 is 11.6 Å². The number of nitrogens with zero attached hydrogens (tertiary/aromatic N) is 2. The molecule has 2 rings (SSSR count). The SMILES string of the molecule is Cc1ccccc1C(=O)N(C=O)C/C(Cl)=C1/CCCN(C(=O)OC(C)(C)C)CC1. The van der Waals surface area contributed by atoms with E-state index in [9.17, 15) is 14.4 Å². The van der Waals surface area contributed by atoms with E-state index < -0.39 is 5.60 Å². The first-order chi connectivity index (χ1) is 13.6. The molecule has 0 unspecified atom stereocenters. The third-order valence-corrected chi connectivity index (χ3v) is 5.08. The number of aryl methyl sites for hydroxylation is 1. The van der Waals surface area contributed by atoms with Crippen molar-refractivity contribution in [2.24, 2.45) is 0 Å². The molecule has 1 aliphatic rings. The average molecular weight is 421 g/mol. The Bertz CT molecular complexity index is 798. The second-order valence-corrected chi connectivity index (χ2v) is 8.64. The minimum absolute atomic E-state index is 0.0278. The van der Waals surface area contributed by atoms with Crippen molar-refractivity contribution in [3.63, 3.8) is 0 Å². The van der Waals surface area contributed by atoms with Crippen LogP contribution in [-0.2, 0) is 9.53 Å². The molecule has 0 aliphatic carbocycles. The van der Waals surface area contributed by atoms with Crippen LogP contribution in [0, 0.1) is 6.92 Å². The Labute approximate surface area is 177 Å². The maximum Gasteiger partial charge on any atom is 0.410 e. The van der Waals surface area contributed by atoms with Gasteiger partial charge in [-0.1, -0.05) is 35.4 Å². The highest BCUT2D eigenvalue weighted by atomic mass is 35.5. The maximum absolute atomic E-state index is 12.7. The number of hydrogen-bond donors (Lipinski definition) is 0. The fourth-order valence-electron chi connectivity index (χ4n) is 3.16. The van der Waals surface area contributed by atoms with Gasteiger partial charge in [-0.3, -0.25) is 14.5 Å². The first-order valence-corrected chi connectivity index (χ1v) is 10.2. The number of halogens is 1. The summed E-state index contributed by atoms with van der Waals surface area (Å²) in [6, 6.07) is 7.13. The van der Waals surface area contributed by atoms with Gasteiger partial charge in [-0.15, -0.1) is 0 Å². The quantitative estimate of drug-likeness (QED) is 0.672. The van der Waals surface area contributed by atoms with Crippen molar-refractivity contribution < 1.29 is 19.1 Å². The number of amides is 3. The summed E-state index contributed by atoms with van der Waals surface area (Å²) in [7, 11) is 0. The van der Waals surface area contributed by atoms with Gasteiger partial charge >= 0.3 is 6.09 Å². The van der Waals surface area contributed by atoms with Crippen LogP contribution in [0.5, 0.6) is 0 Å². The van der Waals surface area contributed by atoms with Gasteiger partial charge in [0.15, 0.2) is 0 Å². The Kier molecular flexibility index (Phi) is 7.85. The summed E-state index contributed by atoms with van der Waals surface area (Å²) in [6.07, 6.45) is 2.23. The number of likely N-dealkylation sites (tertiary alicyclic amines) is 1. The van der Waals surface area contributed by atoms with E-state index in [0.717, 1.165) is 22.5 Å². The third-order valence-electron chi connectivity index (χ3n) is 4.70. The van der Waals surface area contributed by atoms with E-state index in [1.165, 1.54) is 0 Å². The zero-order valence-electron chi connectivity index (χ0n) is 17.5. The van der Waals surface area contributed by atoms with E-state index >= 15 is 0 Å². The Morgan fingerprint density at radius 2 is 1.90 bits per heavy atom. The van der Waals surface area contributed by atoms with Crippen LogP contribution in [0.2, 0.25) is 0 Å². The summed E-state index contributed by atoms with van der Waals surface area (Å²) < 4.78 is 5.44. The Hall–Kier alpha value is -2.34. The predicted molar refractivity (Wildman–Crippen MR) is 113 cm³/mol. The van der Waals surface area contributed by atoms with Crippen LogP contribution in [0.25, 0.3) is 0 Å². The molecule has 0 aromatic heterocycles. The van der Waals surface area contributed by atoms with Crippen molar-refractivity contribution in [3.8, 4) is 0 Å². The monoisotopic (exact) mass is 420 g/mol. The van der Waals surface area contributed by atoms with Crippen LogP contribution in [0.3, 0.4) is 0 Å². The van der Waals surface area contributed by atoms with Gasteiger partial charge in [-0.2, -0.15) is 0 Å². The lowest BCUT2D eigenvalue weighted by molar-refractivity contribution is -0.115. The van der Waals surface area contributed by atoms with Gasteiger partial charge in [0.1, 0.15) is 5.60 Å². The number of imide groups is 1. The molecule has 0 saturated carbocycles. The van der Waals surface area contributed by atoms with Gasteiger partial charge in [0.2, 0.25) is 6.41 Å². The number of carbonyl (C=O) groups excluding carboxylic acids is 3. The molecule has 1 aliphatic heterocycles. The summed E-state index contributed by atoms with van der Waals surface area (Å²) in [4.78, 5) is 39.3. The number of hydrogen-bond acceptors (Lipinski definition) is 4. The molecule has 29 heavy (non-hydrogen) atoms. The molecule has 158 valence electrons. The molecule has 0 radical (unpaired) electrons. The van der Waals surface area contributed by atoms with Gasteiger partial charge in [-0.05, 0) is 58.6 Å². The van der Waals surface area contributed by atoms with Crippen molar-refractivity contribution in [1.82, 2.24) is 9.80 Å². The number of rotatable bonds is 4. The lowest BCUT2D eigenvalue weighted by Gasteiger charge is -2.26. The minimum Gasteiger partial charge on any atom is -0.444 e. The largest absolute Gasteiger partial charge is 0.444 e. The highest BCUT2D eigenvalue weighted by Crippen LogP contribution is 2.25. The average Bonchev–Trinajstić information content (AvgIpc) is 2.91. The number of ether oxygens (including phenoxy) is 1. The number of benzene rings is 1. The van der Waals surface area contributed by atoms with Gasteiger partial charge in [-0.25, -0.2) is 4.79 Å². The topological polar surface area (TPSA) is 66.9 Å². The molecular weight excluding hydrogens is 392 g/mol. The van der Waals surface area contributed by atoms with Crippen molar-refractivity contribution in [2.45, 2.75) is 52.6 Å². The van der Waals surface area contributed by atoms with Crippen LogP contribution in [0.1, 0.15) is 56.0 Å². The molecule has 6 nitrogen and oxygen atoms in total. The van der Waals surface area contributed by atoms with E-state index in [-0.39, 0.29) is 18.5 Å². The molecule has 1 aromatic carbocycles. The molecule has 1 fully saturated rings. The van der Waals surface area contributed by atoms with Crippen molar-refractivity contribution >= 4 is 30.0 Å². The van der Waals surface area contributed by atoms with E-state index in [1.807, 2.05) is 39.8 Å². The summed E-state index contributed by atoms with van der Waals surface area (Å²) in [5.74, 6) is -0.374. The Morgan fingerprint density at radius 3 is 2.52 bits per heavy atom. The molecule has 0 atom stereocenters. The fraction of sp³-hybridized carbons (Fsp3) is 0.500. The molecule has 7 heteroatoms. The van der Waals surface area contributed by atoms with Crippen molar-refractivity contribution in [1.29, 1.82) is 0 Å². The lowest BCUT2D eigenvalue weighted by Crippen LogP contribution is -2.37. The van der Waals surface area contributed by atoms with E-state index in [2.05, 4.69) is 0 Å². The minimum atomic E-state index is -0.542. The Balaban J connectivity index is 2.06. The maximum atomic E-state index is 12.7. The lowest BCUT2D eigenvalue weighted by atomic mass is 10.1. The fourth-order valence-corrected chi connectivity index (χ4v) is 3.47. The zero-order chi connectivity index (χ0) is 21.6. The van der Waals surface area contributed by atoms with E-state index in [1.54, 1.807) is 17.0 Å².